The molecule has 0 spiro atoms. The maximum atomic E-state index is 13.4. The Balaban J connectivity index is 0.00000400. The topological polar surface area (TPSA) is 140 Å². The number of ether oxygens (including phenoxy) is 1. The van der Waals surface area contributed by atoms with Gasteiger partial charge in [0.15, 0.2) is 0 Å². The Hall–Kier alpha value is -2.70. The van der Waals surface area contributed by atoms with Crippen LogP contribution in [-0.2, 0) is 10.1 Å². The van der Waals surface area contributed by atoms with Gasteiger partial charge in [0.05, 0.1) is 28.5 Å². The average Bonchev–Trinajstić information content (AvgIpc) is 2.84. The minimum absolute atomic E-state index is 0. The molecule has 190 valence electrons. The van der Waals surface area contributed by atoms with Crippen molar-refractivity contribution in [2.75, 3.05) is 12.4 Å². The van der Waals surface area contributed by atoms with E-state index in [1.807, 2.05) is 0 Å². The molecule has 4 rings (SSSR count). The fraction of sp³-hybridized carbons (Fsp3) is 0.0800. The Bertz CT molecular complexity index is 1700. The number of nitrogens with one attached hydrogen (secondary N) is 1. The van der Waals surface area contributed by atoms with E-state index in [9.17, 15) is 22.9 Å². The number of anilines is 1. The molecule has 9 nitrogen and oxygen atoms in total. The summed E-state index contributed by atoms with van der Waals surface area (Å²) in [5, 5.41) is 25.1. The van der Waals surface area contributed by atoms with Gasteiger partial charge in [0.1, 0.15) is 16.3 Å². The summed E-state index contributed by atoms with van der Waals surface area (Å²) in [6.07, 6.45) is 0. The van der Waals surface area contributed by atoms with Crippen molar-refractivity contribution in [2.45, 2.75) is 11.8 Å². The molecule has 0 bridgehead atoms. The molecule has 0 radical (unpaired) electrons. The first-order valence-electron chi connectivity index (χ1n) is 10.6. The predicted octanol–water partition coefficient (Wildman–Crippen LogP) is 3.46. The van der Waals surface area contributed by atoms with Gasteiger partial charge in [0.25, 0.3) is 16.0 Å². The summed E-state index contributed by atoms with van der Waals surface area (Å²) in [5.41, 5.74) is 0.328. The number of carbonyl (C=O) groups excluding carboxylic acids is 1. The summed E-state index contributed by atoms with van der Waals surface area (Å²) in [5.74, 6) is -1.15. The Labute approximate surface area is 250 Å². The zero-order valence-electron chi connectivity index (χ0n) is 20.3. The quantitative estimate of drug-likeness (QED) is 0.203. The van der Waals surface area contributed by atoms with Gasteiger partial charge >= 0.3 is 29.6 Å². The zero-order valence-corrected chi connectivity index (χ0v) is 24.6. The molecule has 38 heavy (non-hydrogen) atoms. The van der Waals surface area contributed by atoms with Crippen LogP contribution in [0.5, 0.6) is 11.5 Å². The van der Waals surface area contributed by atoms with Crippen LogP contribution in [0.3, 0.4) is 0 Å². The van der Waals surface area contributed by atoms with Gasteiger partial charge in [0, 0.05) is 10.9 Å². The van der Waals surface area contributed by atoms with Crippen molar-refractivity contribution in [1.29, 1.82) is 0 Å². The molecule has 1 amide bonds. The molecule has 0 aliphatic heterocycles. The maximum Gasteiger partial charge on any atom is 1.00 e. The Kier molecular flexibility index (Phi) is 9.43. The molecular weight excluding hydrogens is 564 g/mol. The van der Waals surface area contributed by atoms with Crippen LogP contribution in [0.4, 0.5) is 17.1 Å². The zero-order chi connectivity index (χ0) is 26.9. The van der Waals surface area contributed by atoms with E-state index in [4.69, 9.17) is 27.9 Å². The summed E-state index contributed by atoms with van der Waals surface area (Å²) in [6, 6.07) is 15.4. The molecule has 13 heteroatoms. The molecule has 0 saturated heterocycles. The minimum atomic E-state index is -4.62. The molecule has 4 aromatic rings. The van der Waals surface area contributed by atoms with E-state index in [-0.39, 0.29) is 62.2 Å². The molecular formula is C25H18Cl2N3NaO6S. The standard InChI is InChI=1S/C25H19Cl2N3O6S.Na/c1-13-10-18(27)21(37(33,34)35)12-19(13)29-30-22-15-7-4-3-6-14(15)11-16(24(22)31)25(32)28-23-17(26)8-5-9-20(23)36-2;/h3-12,31H,1-2H3,(H,28,32)(H,33,34,35);/q;+1/p-1. The van der Waals surface area contributed by atoms with Crippen LogP contribution in [0.25, 0.3) is 10.8 Å². The molecule has 0 atom stereocenters. The monoisotopic (exact) mass is 581 g/mol. The number of benzene rings is 4. The van der Waals surface area contributed by atoms with E-state index < -0.39 is 26.7 Å². The number of hydrogen-bond donors (Lipinski definition) is 2. The van der Waals surface area contributed by atoms with Gasteiger partial charge in [-0.05, 0) is 48.2 Å². The van der Waals surface area contributed by atoms with Crippen LogP contribution < -0.4 is 44.7 Å². The van der Waals surface area contributed by atoms with Crippen molar-refractivity contribution < 1.29 is 57.2 Å². The normalized spacial score (nSPS) is 11.4. The summed E-state index contributed by atoms with van der Waals surface area (Å²) in [6.45, 7) is 1.60. The third-order valence-corrected chi connectivity index (χ3v) is 7.07. The van der Waals surface area contributed by atoms with Gasteiger partial charge in [-0.3, -0.25) is 9.35 Å². The molecule has 0 fully saturated rings. The van der Waals surface area contributed by atoms with Crippen LogP contribution in [0, 0.1) is 6.92 Å². The minimum Gasteiger partial charge on any atom is -0.870 e. The number of hydrogen-bond acceptors (Lipinski definition) is 7. The number of fused-ring (bicyclic) bond motifs is 1. The van der Waals surface area contributed by atoms with Crippen molar-refractivity contribution in [2.24, 2.45) is 10.2 Å². The van der Waals surface area contributed by atoms with Crippen molar-refractivity contribution in [3.05, 3.63) is 81.8 Å². The van der Waals surface area contributed by atoms with Gasteiger partial charge in [-0.25, -0.2) is 0 Å². The molecule has 4 aromatic carbocycles. The number of carbonyl (C=O) groups is 1. The third-order valence-electron chi connectivity index (χ3n) is 5.44. The smallest absolute Gasteiger partial charge is 0.870 e. The number of amides is 1. The first-order chi connectivity index (χ1) is 17.5. The number of aryl methyl sites for hydroxylation is 1. The fourth-order valence-corrected chi connectivity index (χ4v) is 4.90. The van der Waals surface area contributed by atoms with Crippen LogP contribution in [0.2, 0.25) is 10.0 Å². The second-order valence-corrected chi connectivity index (χ2v) is 10.0. The van der Waals surface area contributed by atoms with E-state index in [1.54, 1.807) is 49.4 Å². The summed E-state index contributed by atoms with van der Waals surface area (Å²) < 4.78 is 38.0. The van der Waals surface area contributed by atoms with Crippen LogP contribution >= 0.6 is 23.2 Å². The molecule has 2 N–H and O–H groups in total. The molecule has 0 unspecified atom stereocenters. The Morgan fingerprint density at radius 2 is 1.74 bits per heavy atom. The van der Waals surface area contributed by atoms with Crippen molar-refractivity contribution in [3.8, 4) is 11.5 Å². The van der Waals surface area contributed by atoms with Gasteiger partial charge in [-0.15, -0.1) is 0 Å². The number of nitrogens with zero attached hydrogens (tertiary/aromatic N) is 2. The number of methoxy groups -OCH3 is 1. The van der Waals surface area contributed by atoms with E-state index in [1.165, 1.54) is 19.2 Å². The summed E-state index contributed by atoms with van der Waals surface area (Å²) >= 11 is 12.2. The Morgan fingerprint density at radius 1 is 1.03 bits per heavy atom. The summed E-state index contributed by atoms with van der Waals surface area (Å²) in [4.78, 5) is 12.6. The molecule has 0 aliphatic carbocycles. The van der Waals surface area contributed by atoms with Crippen LogP contribution in [-0.4, -0.2) is 26.0 Å². The molecule has 0 aromatic heterocycles. The number of azo groups is 1. The van der Waals surface area contributed by atoms with E-state index >= 15 is 0 Å². The molecule has 0 heterocycles. The van der Waals surface area contributed by atoms with E-state index in [2.05, 4.69) is 15.5 Å². The van der Waals surface area contributed by atoms with Gasteiger partial charge in [0.2, 0.25) is 0 Å². The third kappa shape index (κ3) is 6.13. The second kappa shape index (κ2) is 12.0. The maximum absolute atomic E-state index is 13.4. The number of para-hydroxylation sites is 1. The fourth-order valence-electron chi connectivity index (χ4n) is 3.61. The molecule has 0 saturated carbocycles. The van der Waals surface area contributed by atoms with Crippen molar-refractivity contribution in [1.82, 2.24) is 0 Å². The summed E-state index contributed by atoms with van der Waals surface area (Å²) in [7, 11) is -3.21. The first kappa shape index (κ1) is 29.9. The largest absolute Gasteiger partial charge is 1.00 e. The predicted molar refractivity (Wildman–Crippen MR) is 140 cm³/mol. The van der Waals surface area contributed by atoms with Gasteiger partial charge in [-0.2, -0.15) is 18.6 Å². The van der Waals surface area contributed by atoms with Crippen LogP contribution in [0.15, 0.2) is 75.8 Å². The van der Waals surface area contributed by atoms with Crippen LogP contribution in [0.1, 0.15) is 15.9 Å². The van der Waals surface area contributed by atoms with E-state index in [0.29, 0.717) is 22.1 Å². The number of rotatable bonds is 6. The molecule has 0 aliphatic rings. The number of halogens is 2. The first-order valence-corrected chi connectivity index (χ1v) is 12.8. The average molecular weight is 582 g/mol. The van der Waals surface area contributed by atoms with Crippen molar-refractivity contribution in [3.63, 3.8) is 0 Å². The SMILES string of the molecule is COc1cccc(Cl)c1NC(=O)c1cc2ccccc2c(N=Nc2cc(S(=O)(=O)O)c(Cl)cc2C)c1[O-].[Na+]. The van der Waals surface area contributed by atoms with Gasteiger partial charge < -0.3 is 15.2 Å². The Morgan fingerprint density at radius 3 is 2.42 bits per heavy atom. The van der Waals surface area contributed by atoms with Gasteiger partial charge in [-0.1, -0.05) is 59.3 Å². The second-order valence-electron chi connectivity index (χ2n) is 7.84. The van der Waals surface area contributed by atoms with E-state index in [0.717, 1.165) is 6.07 Å². The van der Waals surface area contributed by atoms with Crippen molar-refractivity contribution >= 4 is 67.1 Å².